The normalized spacial score (nSPS) is 13.3. The van der Waals surface area contributed by atoms with Crippen molar-refractivity contribution >= 4 is 17.7 Å². The number of rotatable bonds is 6. The van der Waals surface area contributed by atoms with Gasteiger partial charge in [-0.15, -0.1) is 11.8 Å². The summed E-state index contributed by atoms with van der Waals surface area (Å²) in [6.45, 7) is 1.40. The molecule has 0 bridgehead atoms. The molecule has 2 aromatic carbocycles. The monoisotopic (exact) mass is 397 g/mol. The van der Waals surface area contributed by atoms with Crippen LogP contribution in [0.1, 0.15) is 11.1 Å². The maximum absolute atomic E-state index is 12.5. The molecule has 0 radical (unpaired) electrons. The molecule has 27 heavy (non-hydrogen) atoms. The van der Waals surface area contributed by atoms with Gasteiger partial charge in [-0.05, 0) is 42.3 Å². The summed E-state index contributed by atoms with van der Waals surface area (Å²) in [5.74, 6) is 1.48. The van der Waals surface area contributed by atoms with E-state index < -0.39 is 11.7 Å². The smallest absolute Gasteiger partial charge is 0.416 e. The number of carbonyl (C=O) groups excluding carboxylic acids is 1. The van der Waals surface area contributed by atoms with Crippen molar-refractivity contribution < 1.29 is 27.4 Å². The van der Waals surface area contributed by atoms with Gasteiger partial charge in [-0.2, -0.15) is 13.2 Å². The Balaban J connectivity index is 1.41. The van der Waals surface area contributed by atoms with Crippen LogP contribution in [0.2, 0.25) is 0 Å². The molecule has 1 aliphatic heterocycles. The lowest BCUT2D eigenvalue weighted by Gasteiger charge is -2.18. The van der Waals surface area contributed by atoms with Gasteiger partial charge in [0.2, 0.25) is 5.91 Å². The van der Waals surface area contributed by atoms with E-state index >= 15 is 0 Å². The number of amides is 1. The van der Waals surface area contributed by atoms with Crippen molar-refractivity contribution in [1.82, 2.24) is 5.32 Å². The van der Waals surface area contributed by atoms with Crippen LogP contribution in [0.4, 0.5) is 13.2 Å². The summed E-state index contributed by atoms with van der Waals surface area (Å²) in [6.07, 6.45) is -3.86. The van der Waals surface area contributed by atoms with Gasteiger partial charge in [0.25, 0.3) is 0 Å². The minimum atomic E-state index is -4.34. The van der Waals surface area contributed by atoms with Crippen molar-refractivity contribution in [2.24, 2.45) is 0 Å². The number of hydrogen-bond donors (Lipinski definition) is 1. The molecule has 2 aromatic rings. The third-order valence-electron chi connectivity index (χ3n) is 3.90. The first kappa shape index (κ1) is 19.4. The molecule has 0 aliphatic carbocycles. The molecule has 0 saturated heterocycles. The number of halogens is 3. The lowest BCUT2D eigenvalue weighted by molar-refractivity contribution is -0.137. The Kier molecular flexibility index (Phi) is 6.15. The van der Waals surface area contributed by atoms with Crippen LogP contribution >= 0.6 is 11.8 Å². The fourth-order valence-electron chi connectivity index (χ4n) is 2.52. The van der Waals surface area contributed by atoms with E-state index in [0.29, 0.717) is 37.7 Å². The highest BCUT2D eigenvalue weighted by Crippen LogP contribution is 2.34. The van der Waals surface area contributed by atoms with Gasteiger partial charge < -0.3 is 14.8 Å². The second-order valence-corrected chi connectivity index (χ2v) is 6.94. The molecular formula is C19H18F3NO3S. The Morgan fingerprint density at radius 1 is 1.04 bits per heavy atom. The van der Waals surface area contributed by atoms with Crippen LogP contribution in [0.25, 0.3) is 0 Å². The number of fused-ring (bicyclic) bond motifs is 1. The van der Waals surface area contributed by atoms with E-state index in [1.54, 1.807) is 0 Å². The van der Waals surface area contributed by atoms with Crippen LogP contribution in [0.5, 0.6) is 11.5 Å². The maximum atomic E-state index is 12.5. The van der Waals surface area contributed by atoms with Crippen LogP contribution in [0.15, 0.2) is 47.4 Å². The van der Waals surface area contributed by atoms with E-state index in [9.17, 15) is 18.0 Å². The topological polar surface area (TPSA) is 47.6 Å². The molecule has 144 valence electrons. The summed E-state index contributed by atoms with van der Waals surface area (Å²) in [5.41, 5.74) is 0.0638. The standard InChI is InChI=1S/C19H18F3NO3S/c20-19(21,22)14-3-1-13(2-4-14)7-8-23-18(24)12-27-15-5-6-16-17(11-15)26-10-9-25-16/h1-6,11H,7-10,12H2,(H,23,24). The van der Waals surface area contributed by atoms with Gasteiger partial charge in [0.15, 0.2) is 11.5 Å². The van der Waals surface area contributed by atoms with Gasteiger partial charge >= 0.3 is 6.18 Å². The van der Waals surface area contributed by atoms with Crippen molar-refractivity contribution in [1.29, 1.82) is 0 Å². The molecule has 1 N–H and O–H groups in total. The first-order valence-electron chi connectivity index (χ1n) is 8.37. The van der Waals surface area contributed by atoms with Crippen molar-refractivity contribution in [3.63, 3.8) is 0 Å². The molecular weight excluding hydrogens is 379 g/mol. The van der Waals surface area contributed by atoms with Crippen LogP contribution in [-0.2, 0) is 17.4 Å². The van der Waals surface area contributed by atoms with E-state index in [1.807, 2.05) is 18.2 Å². The van der Waals surface area contributed by atoms with Crippen LogP contribution in [0, 0.1) is 0 Å². The number of alkyl halides is 3. The summed E-state index contributed by atoms with van der Waals surface area (Å²) in [5, 5.41) is 2.77. The Hall–Kier alpha value is -2.35. The van der Waals surface area contributed by atoms with Gasteiger partial charge in [-0.3, -0.25) is 4.79 Å². The molecule has 1 heterocycles. The average Bonchev–Trinajstić information content (AvgIpc) is 2.66. The predicted octanol–water partition coefficient (Wildman–Crippen LogP) is 3.93. The quantitative estimate of drug-likeness (QED) is 0.751. The molecule has 0 aromatic heterocycles. The Morgan fingerprint density at radius 3 is 2.44 bits per heavy atom. The number of ether oxygens (including phenoxy) is 2. The lowest BCUT2D eigenvalue weighted by atomic mass is 10.1. The third kappa shape index (κ3) is 5.56. The fraction of sp³-hybridized carbons (Fsp3) is 0.316. The SMILES string of the molecule is O=C(CSc1ccc2c(c1)OCCO2)NCCc1ccc(C(F)(F)F)cc1. The number of carbonyl (C=O) groups is 1. The zero-order chi connectivity index (χ0) is 19.3. The highest BCUT2D eigenvalue weighted by Gasteiger charge is 2.29. The highest BCUT2D eigenvalue weighted by molar-refractivity contribution is 8.00. The van der Waals surface area contributed by atoms with E-state index in [0.717, 1.165) is 22.6 Å². The van der Waals surface area contributed by atoms with Gasteiger partial charge in [-0.1, -0.05) is 12.1 Å². The van der Waals surface area contributed by atoms with Crippen LogP contribution < -0.4 is 14.8 Å². The summed E-state index contributed by atoms with van der Waals surface area (Å²) in [4.78, 5) is 12.8. The van der Waals surface area contributed by atoms with E-state index in [-0.39, 0.29) is 11.7 Å². The van der Waals surface area contributed by atoms with Crippen molar-refractivity contribution in [2.75, 3.05) is 25.5 Å². The molecule has 0 fully saturated rings. The Labute approximate surface area is 159 Å². The van der Waals surface area contributed by atoms with Gasteiger partial charge in [0, 0.05) is 11.4 Å². The molecule has 0 saturated carbocycles. The van der Waals surface area contributed by atoms with Crippen LogP contribution in [-0.4, -0.2) is 31.4 Å². The summed E-state index contributed by atoms with van der Waals surface area (Å²) < 4.78 is 48.5. The Bertz CT molecular complexity index is 794. The second-order valence-electron chi connectivity index (χ2n) is 5.89. The minimum absolute atomic E-state index is 0.137. The van der Waals surface area contributed by atoms with Gasteiger partial charge in [-0.25, -0.2) is 0 Å². The Morgan fingerprint density at radius 2 is 1.74 bits per heavy atom. The van der Waals surface area contributed by atoms with E-state index in [4.69, 9.17) is 9.47 Å². The molecule has 0 unspecified atom stereocenters. The van der Waals surface area contributed by atoms with Crippen LogP contribution in [0.3, 0.4) is 0 Å². The van der Waals surface area contributed by atoms with E-state index in [2.05, 4.69) is 5.32 Å². The summed E-state index contributed by atoms with van der Waals surface area (Å²) in [7, 11) is 0. The highest BCUT2D eigenvalue weighted by atomic mass is 32.2. The minimum Gasteiger partial charge on any atom is -0.486 e. The largest absolute Gasteiger partial charge is 0.486 e. The molecule has 4 nitrogen and oxygen atoms in total. The lowest BCUT2D eigenvalue weighted by Crippen LogP contribution is -2.27. The molecule has 1 aliphatic rings. The molecule has 8 heteroatoms. The third-order valence-corrected chi connectivity index (χ3v) is 4.89. The van der Waals surface area contributed by atoms with Crippen molar-refractivity contribution in [3.8, 4) is 11.5 Å². The summed E-state index contributed by atoms with van der Waals surface area (Å²) in [6, 6.07) is 10.5. The molecule has 0 spiro atoms. The maximum Gasteiger partial charge on any atom is 0.416 e. The van der Waals surface area contributed by atoms with Crippen molar-refractivity contribution in [2.45, 2.75) is 17.5 Å². The van der Waals surface area contributed by atoms with Gasteiger partial charge in [0.1, 0.15) is 13.2 Å². The summed E-state index contributed by atoms with van der Waals surface area (Å²) >= 11 is 1.38. The number of benzene rings is 2. The second kappa shape index (κ2) is 8.56. The first-order valence-corrected chi connectivity index (χ1v) is 9.36. The molecule has 1 amide bonds. The molecule has 3 rings (SSSR count). The number of hydrogen-bond acceptors (Lipinski definition) is 4. The molecule has 0 atom stereocenters. The number of nitrogens with one attached hydrogen (secondary N) is 1. The zero-order valence-electron chi connectivity index (χ0n) is 14.3. The predicted molar refractivity (Wildman–Crippen MR) is 96.3 cm³/mol. The van der Waals surface area contributed by atoms with E-state index in [1.165, 1.54) is 23.9 Å². The fourth-order valence-corrected chi connectivity index (χ4v) is 3.27. The van der Waals surface area contributed by atoms with Gasteiger partial charge in [0.05, 0.1) is 11.3 Å². The number of thioether (sulfide) groups is 1. The zero-order valence-corrected chi connectivity index (χ0v) is 15.2. The first-order chi connectivity index (χ1) is 12.9. The average molecular weight is 397 g/mol. The van der Waals surface area contributed by atoms with Crippen molar-refractivity contribution in [3.05, 3.63) is 53.6 Å².